The Kier molecular flexibility index (Phi) is 4.16. The quantitative estimate of drug-likeness (QED) is 0.802. The zero-order valence-corrected chi connectivity index (χ0v) is 12.2. The van der Waals surface area contributed by atoms with Crippen molar-refractivity contribution in [3.8, 4) is 5.75 Å². The van der Waals surface area contributed by atoms with Crippen molar-refractivity contribution >= 4 is 11.5 Å². The highest BCUT2D eigenvalue weighted by molar-refractivity contribution is 6.20. The molecule has 114 valence electrons. The molecule has 0 saturated carbocycles. The molecule has 0 radical (unpaired) electrons. The normalized spacial score (nSPS) is 18.2. The highest BCUT2D eigenvalue weighted by Gasteiger charge is 2.39. The Morgan fingerprint density at radius 2 is 1.86 bits per heavy atom. The van der Waals surface area contributed by atoms with Gasteiger partial charge in [-0.1, -0.05) is 13.8 Å². The number of methoxy groups -OCH3 is 2. The third-order valence-corrected chi connectivity index (χ3v) is 3.29. The summed E-state index contributed by atoms with van der Waals surface area (Å²) in [5, 5.41) is 0. The Labute approximate surface area is 121 Å². The number of carbonyl (C=O) groups is 1. The van der Waals surface area contributed by atoms with E-state index in [2.05, 4.69) is 0 Å². The molecule has 21 heavy (non-hydrogen) atoms. The molecule has 0 bridgehead atoms. The summed E-state index contributed by atoms with van der Waals surface area (Å²) < 4.78 is 42.5. The van der Waals surface area contributed by atoms with Gasteiger partial charge in [0.05, 0.1) is 14.2 Å². The molecule has 1 heterocycles. The SMILES string of the molecule is COC1=C(c2ccc(F)c(F)c2OC)C(=O)O[C@H]1C(C)C. The molecule has 1 aliphatic heterocycles. The molecular formula is C15H16F2O4. The molecule has 0 N–H and O–H groups in total. The monoisotopic (exact) mass is 298 g/mol. The molecule has 2 rings (SSSR count). The van der Waals surface area contributed by atoms with Crippen molar-refractivity contribution in [2.75, 3.05) is 14.2 Å². The van der Waals surface area contributed by atoms with Crippen LogP contribution < -0.4 is 4.74 Å². The predicted octanol–water partition coefficient (Wildman–Crippen LogP) is 2.91. The summed E-state index contributed by atoms with van der Waals surface area (Å²) in [6.07, 6.45) is -0.560. The molecule has 0 unspecified atom stereocenters. The van der Waals surface area contributed by atoms with Crippen molar-refractivity contribution in [3.63, 3.8) is 0 Å². The van der Waals surface area contributed by atoms with Gasteiger partial charge in [0.25, 0.3) is 0 Å². The topological polar surface area (TPSA) is 44.8 Å². The molecule has 0 aliphatic carbocycles. The fourth-order valence-corrected chi connectivity index (χ4v) is 2.30. The first-order valence-corrected chi connectivity index (χ1v) is 6.43. The third kappa shape index (κ3) is 2.46. The van der Waals surface area contributed by atoms with Crippen LogP contribution in [0.15, 0.2) is 17.9 Å². The van der Waals surface area contributed by atoms with E-state index in [0.717, 1.165) is 6.07 Å². The molecule has 0 fully saturated rings. The minimum atomic E-state index is -1.15. The molecule has 1 aromatic rings. The van der Waals surface area contributed by atoms with E-state index in [1.807, 2.05) is 13.8 Å². The van der Waals surface area contributed by atoms with Crippen LogP contribution in [-0.4, -0.2) is 26.3 Å². The molecular weight excluding hydrogens is 282 g/mol. The van der Waals surface area contributed by atoms with E-state index in [1.165, 1.54) is 20.3 Å². The van der Waals surface area contributed by atoms with Crippen molar-refractivity contribution in [2.45, 2.75) is 20.0 Å². The number of carbonyl (C=O) groups excluding carboxylic acids is 1. The van der Waals surface area contributed by atoms with Crippen LogP contribution >= 0.6 is 0 Å². The third-order valence-electron chi connectivity index (χ3n) is 3.29. The van der Waals surface area contributed by atoms with Crippen molar-refractivity contribution in [1.29, 1.82) is 0 Å². The second kappa shape index (κ2) is 5.71. The smallest absolute Gasteiger partial charge is 0.343 e. The molecule has 1 aromatic carbocycles. The van der Waals surface area contributed by atoms with Crippen molar-refractivity contribution in [2.24, 2.45) is 5.92 Å². The maximum atomic E-state index is 13.8. The van der Waals surface area contributed by atoms with E-state index < -0.39 is 23.7 Å². The standard InChI is InChI=1S/C15H16F2O4/c1-7(2)12-14(20-4)10(15(18)21-12)8-5-6-9(16)11(17)13(8)19-3/h5-7,12H,1-4H3/t12-/m0/s1. The van der Waals surface area contributed by atoms with Crippen LogP contribution in [0, 0.1) is 17.6 Å². The minimum Gasteiger partial charge on any atom is -0.496 e. The maximum absolute atomic E-state index is 13.8. The number of esters is 1. The van der Waals surface area contributed by atoms with E-state index in [4.69, 9.17) is 14.2 Å². The molecule has 0 saturated heterocycles. The molecule has 6 heteroatoms. The summed E-state index contributed by atoms with van der Waals surface area (Å²) in [6.45, 7) is 3.73. The molecule has 1 atom stereocenters. The summed E-state index contributed by atoms with van der Waals surface area (Å²) in [6, 6.07) is 2.21. The first-order valence-electron chi connectivity index (χ1n) is 6.43. The largest absolute Gasteiger partial charge is 0.496 e. The molecule has 0 amide bonds. The second-order valence-electron chi connectivity index (χ2n) is 4.96. The summed E-state index contributed by atoms with van der Waals surface area (Å²) in [5.41, 5.74) is 0.174. The number of rotatable bonds is 4. The van der Waals surface area contributed by atoms with Gasteiger partial charge in [-0.3, -0.25) is 0 Å². The van der Waals surface area contributed by atoms with Crippen LogP contribution in [0.25, 0.3) is 5.57 Å². The molecule has 1 aliphatic rings. The second-order valence-corrected chi connectivity index (χ2v) is 4.96. The lowest BCUT2D eigenvalue weighted by Crippen LogP contribution is -2.19. The van der Waals surface area contributed by atoms with Gasteiger partial charge in [-0.2, -0.15) is 4.39 Å². The zero-order valence-electron chi connectivity index (χ0n) is 12.2. The van der Waals surface area contributed by atoms with Gasteiger partial charge in [-0.15, -0.1) is 0 Å². The number of ether oxygens (including phenoxy) is 3. The fourth-order valence-electron chi connectivity index (χ4n) is 2.30. The van der Waals surface area contributed by atoms with Crippen LogP contribution in [0.2, 0.25) is 0 Å². The van der Waals surface area contributed by atoms with Crippen LogP contribution in [0.1, 0.15) is 19.4 Å². The van der Waals surface area contributed by atoms with Crippen LogP contribution in [0.5, 0.6) is 5.75 Å². The highest BCUT2D eigenvalue weighted by Crippen LogP contribution is 2.39. The Balaban J connectivity index is 2.66. The Hall–Kier alpha value is -2.11. The number of benzene rings is 1. The van der Waals surface area contributed by atoms with E-state index in [0.29, 0.717) is 5.76 Å². The molecule has 4 nitrogen and oxygen atoms in total. The molecule has 0 aromatic heterocycles. The highest BCUT2D eigenvalue weighted by atomic mass is 19.2. The first-order chi connectivity index (χ1) is 9.92. The van der Waals surface area contributed by atoms with Crippen LogP contribution in [0.4, 0.5) is 8.78 Å². The summed E-state index contributed by atoms with van der Waals surface area (Å²) in [7, 11) is 2.60. The van der Waals surface area contributed by atoms with E-state index in [9.17, 15) is 13.6 Å². The summed E-state index contributed by atoms with van der Waals surface area (Å²) >= 11 is 0. The van der Waals surface area contributed by atoms with Gasteiger partial charge < -0.3 is 14.2 Å². The van der Waals surface area contributed by atoms with E-state index >= 15 is 0 Å². The average Bonchev–Trinajstić information content (AvgIpc) is 2.78. The number of hydrogen-bond acceptors (Lipinski definition) is 4. The van der Waals surface area contributed by atoms with Gasteiger partial charge >= 0.3 is 5.97 Å². The van der Waals surface area contributed by atoms with Gasteiger partial charge in [-0.25, -0.2) is 9.18 Å². The van der Waals surface area contributed by atoms with E-state index in [-0.39, 0.29) is 22.8 Å². The van der Waals surface area contributed by atoms with Crippen molar-refractivity contribution in [1.82, 2.24) is 0 Å². The fraction of sp³-hybridized carbons (Fsp3) is 0.400. The zero-order chi connectivity index (χ0) is 15.7. The van der Waals surface area contributed by atoms with Gasteiger partial charge in [-0.05, 0) is 18.1 Å². The van der Waals surface area contributed by atoms with Gasteiger partial charge in [0.1, 0.15) is 5.57 Å². The number of hydrogen-bond donors (Lipinski definition) is 0. The Bertz CT molecular complexity index is 608. The van der Waals surface area contributed by atoms with Crippen LogP contribution in [0.3, 0.4) is 0 Å². The predicted molar refractivity (Wildman–Crippen MR) is 71.6 cm³/mol. The average molecular weight is 298 g/mol. The van der Waals surface area contributed by atoms with Gasteiger partial charge in [0.15, 0.2) is 23.4 Å². The lowest BCUT2D eigenvalue weighted by Gasteiger charge is -2.16. The summed E-state index contributed by atoms with van der Waals surface area (Å²) in [5.74, 6) is -2.92. The lowest BCUT2D eigenvalue weighted by molar-refractivity contribution is -0.140. The minimum absolute atomic E-state index is 0.0160. The van der Waals surface area contributed by atoms with Crippen molar-refractivity contribution in [3.05, 3.63) is 35.1 Å². The Morgan fingerprint density at radius 1 is 1.19 bits per heavy atom. The molecule has 0 spiro atoms. The van der Waals surface area contributed by atoms with Gasteiger partial charge in [0, 0.05) is 5.56 Å². The van der Waals surface area contributed by atoms with E-state index in [1.54, 1.807) is 0 Å². The maximum Gasteiger partial charge on any atom is 0.343 e. The first kappa shape index (κ1) is 15.3. The Morgan fingerprint density at radius 3 is 2.38 bits per heavy atom. The van der Waals surface area contributed by atoms with Gasteiger partial charge in [0.2, 0.25) is 5.82 Å². The van der Waals surface area contributed by atoms with Crippen molar-refractivity contribution < 1.29 is 27.8 Å². The lowest BCUT2D eigenvalue weighted by atomic mass is 9.99. The summed E-state index contributed by atoms with van der Waals surface area (Å²) in [4.78, 5) is 12.1. The number of cyclic esters (lactones) is 1. The van der Waals surface area contributed by atoms with Crippen LogP contribution in [-0.2, 0) is 14.3 Å². The number of halogens is 2.